The SMILES string of the molecule is CC[C@H](C)c1ccccc1NC(=O)COC(=O)c1ccccc1SCC(C)=O. The number of hydrogen-bond donors (Lipinski definition) is 1. The first-order valence-corrected chi connectivity index (χ1v) is 10.2. The Balaban J connectivity index is 1.99. The summed E-state index contributed by atoms with van der Waals surface area (Å²) in [5, 5.41) is 2.82. The van der Waals surface area contributed by atoms with Crippen molar-refractivity contribution in [3.63, 3.8) is 0 Å². The van der Waals surface area contributed by atoms with Gasteiger partial charge in [0.05, 0.1) is 11.3 Å². The standard InChI is InChI=1S/C22H25NO4S/c1-4-15(2)17-9-5-7-11-19(17)23-21(25)13-27-22(26)18-10-6-8-12-20(18)28-14-16(3)24/h5-12,15H,4,13-14H2,1-3H3,(H,23,25)/t15-/m0/s1. The number of hydrogen-bond acceptors (Lipinski definition) is 5. The van der Waals surface area contributed by atoms with Crippen LogP contribution in [-0.2, 0) is 14.3 Å². The summed E-state index contributed by atoms with van der Waals surface area (Å²) in [7, 11) is 0. The van der Waals surface area contributed by atoms with E-state index in [4.69, 9.17) is 4.74 Å². The summed E-state index contributed by atoms with van der Waals surface area (Å²) in [6, 6.07) is 14.5. The summed E-state index contributed by atoms with van der Waals surface area (Å²) in [5.74, 6) is -0.372. The number of carbonyl (C=O) groups is 3. The number of ether oxygens (including phenoxy) is 1. The van der Waals surface area contributed by atoms with E-state index in [1.54, 1.807) is 24.3 Å². The molecule has 2 aromatic carbocycles. The Hall–Kier alpha value is -2.60. The van der Waals surface area contributed by atoms with Gasteiger partial charge in [0.25, 0.3) is 5.91 Å². The van der Waals surface area contributed by atoms with Gasteiger partial charge in [-0.25, -0.2) is 4.79 Å². The Labute approximate surface area is 169 Å². The van der Waals surface area contributed by atoms with Gasteiger partial charge >= 0.3 is 5.97 Å². The predicted octanol–water partition coefficient (Wildman–Crippen LogP) is 4.68. The van der Waals surface area contributed by atoms with Crippen LogP contribution in [0.25, 0.3) is 0 Å². The van der Waals surface area contributed by atoms with E-state index in [-0.39, 0.29) is 18.1 Å². The zero-order valence-corrected chi connectivity index (χ0v) is 17.2. The quantitative estimate of drug-likeness (QED) is 0.490. The van der Waals surface area contributed by atoms with Crippen molar-refractivity contribution >= 4 is 35.1 Å². The summed E-state index contributed by atoms with van der Waals surface area (Å²) >= 11 is 1.28. The van der Waals surface area contributed by atoms with Gasteiger partial charge in [0.1, 0.15) is 5.78 Å². The number of ketones is 1. The van der Waals surface area contributed by atoms with Crippen LogP contribution in [0.15, 0.2) is 53.4 Å². The maximum absolute atomic E-state index is 12.4. The molecule has 0 unspecified atom stereocenters. The molecule has 1 amide bonds. The third-order valence-electron chi connectivity index (χ3n) is 4.25. The summed E-state index contributed by atoms with van der Waals surface area (Å²) in [4.78, 5) is 36.5. The Kier molecular flexibility index (Phi) is 8.26. The molecule has 0 aromatic heterocycles. The van der Waals surface area contributed by atoms with Gasteiger partial charge in [-0.15, -0.1) is 11.8 Å². The Morgan fingerprint density at radius 2 is 1.75 bits per heavy atom. The average molecular weight is 400 g/mol. The fraction of sp³-hybridized carbons (Fsp3) is 0.318. The van der Waals surface area contributed by atoms with Gasteiger partial charge in [-0.2, -0.15) is 0 Å². The molecule has 0 aliphatic rings. The van der Waals surface area contributed by atoms with E-state index in [1.165, 1.54) is 18.7 Å². The smallest absolute Gasteiger partial charge is 0.339 e. The Morgan fingerprint density at radius 3 is 2.46 bits per heavy atom. The van der Waals surface area contributed by atoms with E-state index < -0.39 is 11.9 Å². The van der Waals surface area contributed by atoms with E-state index in [0.717, 1.165) is 17.7 Å². The first-order valence-electron chi connectivity index (χ1n) is 9.19. The zero-order valence-electron chi connectivity index (χ0n) is 16.4. The van der Waals surface area contributed by atoms with Crippen molar-refractivity contribution in [2.75, 3.05) is 17.7 Å². The lowest BCUT2D eigenvalue weighted by atomic mass is 9.97. The molecule has 6 heteroatoms. The molecule has 148 valence electrons. The second-order valence-corrected chi connectivity index (χ2v) is 7.52. The van der Waals surface area contributed by atoms with Crippen molar-refractivity contribution in [3.05, 3.63) is 59.7 Å². The minimum atomic E-state index is -0.586. The Morgan fingerprint density at radius 1 is 1.07 bits per heavy atom. The molecule has 1 N–H and O–H groups in total. The van der Waals surface area contributed by atoms with E-state index in [1.807, 2.05) is 24.3 Å². The van der Waals surface area contributed by atoms with Gasteiger partial charge in [0.15, 0.2) is 6.61 Å². The molecule has 0 bridgehead atoms. The number of esters is 1. The van der Waals surface area contributed by atoms with Gasteiger partial charge in [-0.05, 0) is 43.0 Å². The lowest BCUT2D eigenvalue weighted by molar-refractivity contribution is -0.119. The minimum Gasteiger partial charge on any atom is -0.452 e. The van der Waals surface area contributed by atoms with E-state index in [0.29, 0.717) is 16.4 Å². The van der Waals surface area contributed by atoms with Crippen LogP contribution in [0.5, 0.6) is 0 Å². The van der Waals surface area contributed by atoms with E-state index in [2.05, 4.69) is 19.2 Å². The zero-order chi connectivity index (χ0) is 20.5. The highest BCUT2D eigenvalue weighted by Crippen LogP contribution is 2.26. The highest BCUT2D eigenvalue weighted by Gasteiger charge is 2.16. The van der Waals surface area contributed by atoms with Crippen LogP contribution in [0.2, 0.25) is 0 Å². The number of benzene rings is 2. The summed E-state index contributed by atoms with van der Waals surface area (Å²) in [6.07, 6.45) is 0.955. The molecule has 0 saturated heterocycles. The number of nitrogens with one attached hydrogen (secondary N) is 1. The number of para-hydroxylation sites is 1. The van der Waals surface area contributed by atoms with Crippen LogP contribution in [0.3, 0.4) is 0 Å². The van der Waals surface area contributed by atoms with Crippen LogP contribution in [0.1, 0.15) is 49.0 Å². The van der Waals surface area contributed by atoms with Crippen molar-refractivity contribution in [1.82, 2.24) is 0 Å². The maximum Gasteiger partial charge on any atom is 0.339 e. The fourth-order valence-electron chi connectivity index (χ4n) is 2.60. The van der Waals surface area contributed by atoms with E-state index in [9.17, 15) is 14.4 Å². The first kappa shape index (κ1) is 21.7. The van der Waals surface area contributed by atoms with Crippen LogP contribution < -0.4 is 5.32 Å². The third-order valence-corrected chi connectivity index (χ3v) is 5.47. The van der Waals surface area contributed by atoms with Gasteiger partial charge in [-0.1, -0.05) is 44.2 Å². The van der Waals surface area contributed by atoms with Crippen LogP contribution in [0.4, 0.5) is 5.69 Å². The molecule has 28 heavy (non-hydrogen) atoms. The lowest BCUT2D eigenvalue weighted by Gasteiger charge is -2.15. The number of Topliss-reactive ketones (excluding diaryl/α,β-unsaturated/α-hetero) is 1. The van der Waals surface area contributed by atoms with Crippen molar-refractivity contribution in [2.24, 2.45) is 0 Å². The number of amides is 1. The molecule has 0 aliphatic carbocycles. The van der Waals surface area contributed by atoms with Crippen LogP contribution >= 0.6 is 11.8 Å². The molecule has 0 radical (unpaired) electrons. The summed E-state index contributed by atoms with van der Waals surface area (Å²) < 4.78 is 5.19. The molecule has 0 heterocycles. The topological polar surface area (TPSA) is 72.5 Å². The minimum absolute atomic E-state index is 0.0209. The Bertz CT molecular complexity index is 850. The molecule has 0 saturated carbocycles. The van der Waals surface area contributed by atoms with Crippen LogP contribution in [-0.4, -0.2) is 30.0 Å². The van der Waals surface area contributed by atoms with Crippen molar-refractivity contribution in [2.45, 2.75) is 38.0 Å². The lowest BCUT2D eigenvalue weighted by Crippen LogP contribution is -2.22. The van der Waals surface area contributed by atoms with Gasteiger partial charge in [0.2, 0.25) is 0 Å². The number of thioether (sulfide) groups is 1. The molecule has 2 rings (SSSR count). The largest absolute Gasteiger partial charge is 0.452 e. The van der Waals surface area contributed by atoms with E-state index >= 15 is 0 Å². The molecule has 0 fully saturated rings. The molecule has 0 spiro atoms. The second-order valence-electron chi connectivity index (χ2n) is 6.51. The summed E-state index contributed by atoms with van der Waals surface area (Å²) in [5.41, 5.74) is 2.13. The third kappa shape index (κ3) is 6.23. The molecule has 1 atom stereocenters. The van der Waals surface area contributed by atoms with Crippen LogP contribution in [0, 0.1) is 0 Å². The normalized spacial score (nSPS) is 11.5. The fourth-order valence-corrected chi connectivity index (χ4v) is 3.44. The second kappa shape index (κ2) is 10.7. The average Bonchev–Trinajstić information content (AvgIpc) is 2.70. The number of anilines is 1. The molecule has 0 aliphatic heterocycles. The molecular formula is C22H25NO4S. The highest BCUT2D eigenvalue weighted by atomic mass is 32.2. The first-order chi connectivity index (χ1) is 13.4. The number of rotatable bonds is 9. The predicted molar refractivity (Wildman–Crippen MR) is 112 cm³/mol. The number of carbonyl (C=O) groups excluding carboxylic acids is 3. The molecular weight excluding hydrogens is 374 g/mol. The van der Waals surface area contributed by atoms with Crippen molar-refractivity contribution < 1.29 is 19.1 Å². The maximum atomic E-state index is 12.4. The summed E-state index contributed by atoms with van der Waals surface area (Å²) in [6.45, 7) is 5.31. The van der Waals surface area contributed by atoms with Crippen molar-refractivity contribution in [1.29, 1.82) is 0 Å². The van der Waals surface area contributed by atoms with Crippen molar-refractivity contribution in [3.8, 4) is 0 Å². The molecule has 2 aromatic rings. The molecule has 5 nitrogen and oxygen atoms in total. The van der Waals surface area contributed by atoms with Gasteiger partial charge in [-0.3, -0.25) is 9.59 Å². The monoisotopic (exact) mass is 399 g/mol. The van der Waals surface area contributed by atoms with Gasteiger partial charge < -0.3 is 10.1 Å². The highest BCUT2D eigenvalue weighted by molar-refractivity contribution is 8.00. The van der Waals surface area contributed by atoms with Gasteiger partial charge in [0, 0.05) is 10.6 Å².